The molecule has 0 spiro atoms. The zero-order valence-corrected chi connectivity index (χ0v) is 13.7. The van der Waals surface area contributed by atoms with E-state index in [1.165, 1.54) is 0 Å². The van der Waals surface area contributed by atoms with Gasteiger partial charge in [0.15, 0.2) is 0 Å². The van der Waals surface area contributed by atoms with Gasteiger partial charge in [0.05, 0.1) is 13.0 Å². The van der Waals surface area contributed by atoms with E-state index in [1.54, 1.807) is 25.3 Å². The van der Waals surface area contributed by atoms with Crippen molar-refractivity contribution in [2.24, 2.45) is 0 Å². The maximum Gasteiger partial charge on any atom is 0.228 e. The van der Waals surface area contributed by atoms with Crippen molar-refractivity contribution in [1.82, 2.24) is 5.32 Å². The molecule has 0 saturated heterocycles. The molecule has 0 radical (unpaired) electrons. The first kappa shape index (κ1) is 16.1. The van der Waals surface area contributed by atoms with Gasteiger partial charge in [-0.3, -0.25) is 9.59 Å². The predicted molar refractivity (Wildman–Crippen MR) is 89.1 cm³/mol. The SMILES string of the molecule is COc1ccc2c(c1)C(C(=O)NCCc1ccc(C)o1)CC(=O)N2. The number of nitrogens with one attached hydrogen (secondary N) is 2. The van der Waals surface area contributed by atoms with Crippen molar-refractivity contribution in [2.45, 2.75) is 25.7 Å². The monoisotopic (exact) mass is 328 g/mol. The number of hydrogen-bond donors (Lipinski definition) is 2. The fourth-order valence-corrected chi connectivity index (χ4v) is 2.85. The van der Waals surface area contributed by atoms with Crippen molar-refractivity contribution in [2.75, 3.05) is 19.0 Å². The van der Waals surface area contributed by atoms with Crippen LogP contribution in [0.1, 0.15) is 29.4 Å². The lowest BCUT2D eigenvalue weighted by molar-refractivity contribution is -0.126. The van der Waals surface area contributed by atoms with Crippen molar-refractivity contribution in [1.29, 1.82) is 0 Å². The molecule has 24 heavy (non-hydrogen) atoms. The summed E-state index contributed by atoms with van der Waals surface area (Å²) < 4.78 is 10.7. The van der Waals surface area contributed by atoms with Gasteiger partial charge >= 0.3 is 0 Å². The number of hydrogen-bond acceptors (Lipinski definition) is 4. The third-order valence-electron chi connectivity index (χ3n) is 4.08. The second-order valence-electron chi connectivity index (χ2n) is 5.81. The molecular formula is C18H20N2O4. The van der Waals surface area contributed by atoms with Gasteiger partial charge in [0.1, 0.15) is 17.3 Å². The van der Waals surface area contributed by atoms with Crippen molar-refractivity contribution in [3.05, 3.63) is 47.4 Å². The Labute approximate surface area is 140 Å². The van der Waals surface area contributed by atoms with E-state index in [0.717, 1.165) is 17.1 Å². The minimum atomic E-state index is -0.512. The predicted octanol–water partition coefficient (Wildman–Crippen LogP) is 2.38. The Morgan fingerprint density at radius 3 is 2.92 bits per heavy atom. The van der Waals surface area contributed by atoms with E-state index < -0.39 is 5.92 Å². The molecule has 0 saturated carbocycles. The minimum Gasteiger partial charge on any atom is -0.497 e. The maximum absolute atomic E-state index is 12.5. The van der Waals surface area contributed by atoms with Crippen LogP contribution in [-0.4, -0.2) is 25.5 Å². The highest BCUT2D eigenvalue weighted by Crippen LogP contribution is 2.34. The number of ether oxygens (including phenoxy) is 1. The van der Waals surface area contributed by atoms with E-state index in [4.69, 9.17) is 9.15 Å². The van der Waals surface area contributed by atoms with Crippen molar-refractivity contribution in [3.63, 3.8) is 0 Å². The van der Waals surface area contributed by atoms with E-state index in [0.29, 0.717) is 24.4 Å². The van der Waals surface area contributed by atoms with E-state index >= 15 is 0 Å². The van der Waals surface area contributed by atoms with Crippen molar-refractivity contribution < 1.29 is 18.7 Å². The van der Waals surface area contributed by atoms with Crippen LogP contribution >= 0.6 is 0 Å². The van der Waals surface area contributed by atoms with Crippen LogP contribution in [0, 0.1) is 6.92 Å². The number of methoxy groups -OCH3 is 1. The quantitative estimate of drug-likeness (QED) is 0.883. The van der Waals surface area contributed by atoms with E-state index in [1.807, 2.05) is 19.1 Å². The summed E-state index contributed by atoms with van der Waals surface area (Å²) in [6, 6.07) is 9.12. The second kappa shape index (κ2) is 6.78. The number of fused-ring (bicyclic) bond motifs is 1. The largest absolute Gasteiger partial charge is 0.497 e. The molecule has 3 rings (SSSR count). The molecule has 126 valence electrons. The van der Waals surface area contributed by atoms with E-state index in [-0.39, 0.29) is 18.2 Å². The summed E-state index contributed by atoms with van der Waals surface area (Å²) in [5.41, 5.74) is 1.44. The fraction of sp³-hybridized carbons (Fsp3) is 0.333. The number of benzene rings is 1. The third-order valence-corrected chi connectivity index (χ3v) is 4.08. The molecule has 6 heteroatoms. The van der Waals surface area contributed by atoms with Crippen LogP contribution in [0.5, 0.6) is 5.75 Å². The minimum absolute atomic E-state index is 0.131. The van der Waals surface area contributed by atoms with Gasteiger partial charge in [0.2, 0.25) is 11.8 Å². The normalized spacial score (nSPS) is 16.2. The van der Waals surface area contributed by atoms with Crippen LogP contribution in [0.2, 0.25) is 0 Å². The Balaban J connectivity index is 1.69. The molecule has 2 heterocycles. The topological polar surface area (TPSA) is 80.6 Å². The molecule has 1 unspecified atom stereocenters. The molecule has 1 aromatic carbocycles. The summed E-state index contributed by atoms with van der Waals surface area (Å²) in [5, 5.41) is 5.68. The van der Waals surface area contributed by atoms with Gasteiger partial charge in [-0.1, -0.05) is 0 Å². The summed E-state index contributed by atoms with van der Waals surface area (Å²) in [7, 11) is 1.57. The molecule has 0 bridgehead atoms. The van der Waals surface area contributed by atoms with Crippen LogP contribution in [-0.2, 0) is 16.0 Å². The van der Waals surface area contributed by atoms with Crippen LogP contribution in [0.25, 0.3) is 0 Å². The van der Waals surface area contributed by atoms with Crippen LogP contribution < -0.4 is 15.4 Å². The summed E-state index contributed by atoms with van der Waals surface area (Å²) in [5.74, 6) is 1.51. The average molecular weight is 328 g/mol. The third kappa shape index (κ3) is 3.42. The zero-order valence-electron chi connectivity index (χ0n) is 13.7. The molecule has 6 nitrogen and oxygen atoms in total. The molecule has 2 amide bonds. The lowest BCUT2D eigenvalue weighted by Gasteiger charge is -2.25. The Morgan fingerprint density at radius 2 is 2.21 bits per heavy atom. The van der Waals surface area contributed by atoms with Gasteiger partial charge < -0.3 is 19.8 Å². The second-order valence-corrected chi connectivity index (χ2v) is 5.81. The smallest absolute Gasteiger partial charge is 0.228 e. The van der Waals surface area contributed by atoms with Gasteiger partial charge in [-0.15, -0.1) is 0 Å². The maximum atomic E-state index is 12.5. The zero-order chi connectivity index (χ0) is 17.1. The standard InChI is InChI=1S/C18H20N2O4/c1-11-3-4-12(24-11)7-8-19-18(22)15-10-17(21)20-16-6-5-13(23-2)9-14(15)16/h3-6,9,15H,7-8,10H2,1-2H3,(H,19,22)(H,20,21). The molecule has 2 aromatic rings. The lowest BCUT2D eigenvalue weighted by Crippen LogP contribution is -2.35. The van der Waals surface area contributed by atoms with Crippen molar-refractivity contribution in [3.8, 4) is 5.75 Å². The van der Waals surface area contributed by atoms with Crippen LogP contribution in [0.15, 0.2) is 34.7 Å². The average Bonchev–Trinajstić information content (AvgIpc) is 2.98. The highest BCUT2D eigenvalue weighted by Gasteiger charge is 2.30. The Kier molecular flexibility index (Phi) is 4.55. The Hall–Kier alpha value is -2.76. The number of amides is 2. The molecular weight excluding hydrogens is 308 g/mol. The molecule has 1 aliphatic heterocycles. The highest BCUT2D eigenvalue weighted by molar-refractivity contribution is 6.01. The highest BCUT2D eigenvalue weighted by atomic mass is 16.5. The van der Waals surface area contributed by atoms with Gasteiger partial charge in [-0.2, -0.15) is 0 Å². The number of anilines is 1. The fourth-order valence-electron chi connectivity index (χ4n) is 2.85. The Morgan fingerprint density at radius 1 is 1.38 bits per heavy atom. The van der Waals surface area contributed by atoms with E-state index in [2.05, 4.69) is 10.6 Å². The lowest BCUT2D eigenvalue weighted by atomic mass is 9.89. The summed E-state index contributed by atoms with van der Waals surface area (Å²) in [6.45, 7) is 2.34. The first-order valence-corrected chi connectivity index (χ1v) is 7.87. The van der Waals surface area contributed by atoms with Crippen LogP contribution in [0.4, 0.5) is 5.69 Å². The Bertz CT molecular complexity index is 766. The molecule has 1 aliphatic rings. The van der Waals surface area contributed by atoms with Gasteiger partial charge in [-0.25, -0.2) is 0 Å². The number of rotatable bonds is 5. The summed E-state index contributed by atoms with van der Waals surface area (Å²) in [6.07, 6.45) is 0.745. The number of carbonyl (C=O) groups is 2. The molecule has 0 fully saturated rings. The van der Waals surface area contributed by atoms with Gasteiger partial charge in [0.25, 0.3) is 0 Å². The number of carbonyl (C=O) groups excluding carboxylic acids is 2. The molecule has 0 aliphatic carbocycles. The molecule has 1 aromatic heterocycles. The summed E-state index contributed by atoms with van der Waals surface area (Å²) >= 11 is 0. The first-order valence-electron chi connectivity index (χ1n) is 7.87. The summed E-state index contributed by atoms with van der Waals surface area (Å²) in [4.78, 5) is 24.4. The number of aryl methyl sites for hydroxylation is 1. The van der Waals surface area contributed by atoms with Gasteiger partial charge in [-0.05, 0) is 42.8 Å². The first-order chi connectivity index (χ1) is 11.6. The molecule has 1 atom stereocenters. The van der Waals surface area contributed by atoms with Gasteiger partial charge in [0, 0.05) is 25.1 Å². The molecule has 2 N–H and O–H groups in total. The van der Waals surface area contributed by atoms with E-state index in [9.17, 15) is 9.59 Å². The van der Waals surface area contributed by atoms with Crippen molar-refractivity contribution >= 4 is 17.5 Å². The van der Waals surface area contributed by atoms with Crippen LogP contribution in [0.3, 0.4) is 0 Å². The number of furan rings is 1.